The van der Waals surface area contributed by atoms with Gasteiger partial charge in [0.25, 0.3) is 0 Å². The summed E-state index contributed by atoms with van der Waals surface area (Å²) in [5.41, 5.74) is 0.623. The summed E-state index contributed by atoms with van der Waals surface area (Å²) >= 11 is 7.80. The summed E-state index contributed by atoms with van der Waals surface area (Å²) in [4.78, 5) is 30.2. The molecular weight excluding hydrogens is 406 g/mol. The molecule has 1 aliphatic heterocycles. The van der Waals surface area contributed by atoms with E-state index in [0.29, 0.717) is 43.4 Å². The zero-order chi connectivity index (χ0) is 20.6. The fourth-order valence-electron chi connectivity index (χ4n) is 3.20. The van der Waals surface area contributed by atoms with Crippen LogP contribution >= 0.6 is 23.4 Å². The Hall–Kier alpha value is -2.02. The maximum atomic E-state index is 12.7. The summed E-state index contributed by atoms with van der Waals surface area (Å²) in [6.07, 6.45) is 0. The van der Waals surface area contributed by atoms with E-state index < -0.39 is 0 Å². The highest BCUT2D eigenvalue weighted by molar-refractivity contribution is 7.99. The van der Waals surface area contributed by atoms with Crippen LogP contribution in [0.25, 0.3) is 0 Å². The Bertz CT molecular complexity index is 826. The Morgan fingerprint density at radius 2 is 1.69 bits per heavy atom. The van der Waals surface area contributed by atoms with Crippen LogP contribution in [0, 0.1) is 5.92 Å². The molecule has 2 aromatic carbocycles. The normalized spacial score (nSPS) is 15.7. The lowest BCUT2D eigenvalue weighted by Crippen LogP contribution is -2.51. The first kappa shape index (κ1) is 21.7. The molecule has 154 valence electrons. The molecule has 5 nitrogen and oxygen atoms in total. The Morgan fingerprint density at radius 3 is 2.38 bits per heavy atom. The van der Waals surface area contributed by atoms with Gasteiger partial charge in [0.15, 0.2) is 0 Å². The van der Waals surface area contributed by atoms with Gasteiger partial charge in [0.2, 0.25) is 11.8 Å². The lowest BCUT2D eigenvalue weighted by atomic mass is 10.1. The molecule has 1 unspecified atom stereocenters. The number of benzene rings is 2. The number of amides is 2. The van der Waals surface area contributed by atoms with Crippen molar-refractivity contribution in [2.24, 2.45) is 5.92 Å². The van der Waals surface area contributed by atoms with Gasteiger partial charge >= 0.3 is 0 Å². The average Bonchev–Trinajstić information content (AvgIpc) is 2.74. The zero-order valence-corrected chi connectivity index (χ0v) is 18.1. The minimum absolute atomic E-state index is 0.0322. The Balaban J connectivity index is 1.40. The van der Waals surface area contributed by atoms with E-state index in [0.717, 1.165) is 5.75 Å². The SMILES string of the molecule is CC(CSc1ccccc1)C(=O)N1CCN(CC(=O)Nc2ccccc2Cl)CC1. The third-order valence-electron chi connectivity index (χ3n) is 4.86. The van der Waals surface area contributed by atoms with Crippen LogP contribution in [0.3, 0.4) is 0 Å². The van der Waals surface area contributed by atoms with E-state index in [4.69, 9.17) is 11.6 Å². The highest BCUT2D eigenvalue weighted by Gasteiger charge is 2.25. The van der Waals surface area contributed by atoms with Gasteiger partial charge in [0.05, 0.1) is 17.3 Å². The lowest BCUT2D eigenvalue weighted by Gasteiger charge is -2.35. The van der Waals surface area contributed by atoms with Crippen LogP contribution in [0.5, 0.6) is 0 Å². The second-order valence-corrected chi connectivity index (χ2v) is 8.66. The molecule has 1 fully saturated rings. The topological polar surface area (TPSA) is 52.7 Å². The largest absolute Gasteiger partial charge is 0.340 e. The summed E-state index contributed by atoms with van der Waals surface area (Å²) in [5.74, 6) is 0.831. The summed E-state index contributed by atoms with van der Waals surface area (Å²) in [5, 5.41) is 3.37. The summed E-state index contributed by atoms with van der Waals surface area (Å²) in [6.45, 7) is 4.98. The molecule has 1 saturated heterocycles. The van der Waals surface area contributed by atoms with Crippen molar-refractivity contribution in [3.8, 4) is 0 Å². The fourth-order valence-corrected chi connectivity index (χ4v) is 4.32. The third kappa shape index (κ3) is 6.49. The van der Waals surface area contributed by atoms with E-state index in [9.17, 15) is 9.59 Å². The summed E-state index contributed by atoms with van der Waals surface area (Å²) in [6, 6.07) is 17.3. The minimum Gasteiger partial charge on any atom is -0.340 e. The molecular formula is C22H26ClN3O2S. The van der Waals surface area contributed by atoms with Crippen LogP contribution in [0.15, 0.2) is 59.5 Å². The van der Waals surface area contributed by atoms with Crippen molar-refractivity contribution in [1.29, 1.82) is 0 Å². The van der Waals surface area contributed by atoms with Crippen molar-refractivity contribution in [3.05, 3.63) is 59.6 Å². The van der Waals surface area contributed by atoms with Crippen molar-refractivity contribution in [1.82, 2.24) is 9.80 Å². The molecule has 2 amide bonds. The van der Waals surface area contributed by atoms with Gasteiger partial charge in [-0.05, 0) is 24.3 Å². The van der Waals surface area contributed by atoms with Crippen molar-refractivity contribution >= 4 is 40.9 Å². The first-order valence-electron chi connectivity index (χ1n) is 9.76. The maximum absolute atomic E-state index is 12.7. The van der Waals surface area contributed by atoms with E-state index in [-0.39, 0.29) is 17.7 Å². The van der Waals surface area contributed by atoms with Gasteiger partial charge in [-0.2, -0.15) is 0 Å². The quantitative estimate of drug-likeness (QED) is 0.676. The van der Waals surface area contributed by atoms with E-state index >= 15 is 0 Å². The monoisotopic (exact) mass is 431 g/mol. The van der Waals surface area contributed by atoms with Gasteiger partial charge < -0.3 is 10.2 Å². The van der Waals surface area contributed by atoms with Gasteiger partial charge in [-0.25, -0.2) is 0 Å². The third-order valence-corrected chi connectivity index (χ3v) is 6.47. The number of hydrogen-bond donors (Lipinski definition) is 1. The number of halogens is 1. The summed E-state index contributed by atoms with van der Waals surface area (Å²) < 4.78 is 0. The predicted molar refractivity (Wildman–Crippen MR) is 119 cm³/mol. The van der Waals surface area contributed by atoms with Crippen molar-refractivity contribution in [2.75, 3.05) is 43.8 Å². The van der Waals surface area contributed by atoms with Crippen molar-refractivity contribution < 1.29 is 9.59 Å². The summed E-state index contributed by atoms with van der Waals surface area (Å²) in [7, 11) is 0. The van der Waals surface area contributed by atoms with Crippen LogP contribution < -0.4 is 5.32 Å². The maximum Gasteiger partial charge on any atom is 0.238 e. The zero-order valence-electron chi connectivity index (χ0n) is 16.5. The van der Waals surface area contributed by atoms with E-state index in [1.54, 1.807) is 23.9 Å². The number of carbonyl (C=O) groups is 2. The minimum atomic E-state index is -0.0921. The number of para-hydroxylation sites is 1. The molecule has 1 heterocycles. The molecule has 1 atom stereocenters. The molecule has 1 aliphatic rings. The Morgan fingerprint density at radius 1 is 1.03 bits per heavy atom. The second kappa shape index (κ2) is 10.7. The van der Waals surface area contributed by atoms with Crippen LogP contribution in [-0.2, 0) is 9.59 Å². The molecule has 0 saturated carbocycles. The highest BCUT2D eigenvalue weighted by Crippen LogP contribution is 2.22. The van der Waals surface area contributed by atoms with Gasteiger partial charge in [-0.3, -0.25) is 14.5 Å². The van der Waals surface area contributed by atoms with Crippen LogP contribution in [-0.4, -0.2) is 60.1 Å². The molecule has 0 spiro atoms. The molecule has 0 aliphatic carbocycles. The number of nitrogens with one attached hydrogen (secondary N) is 1. The van der Waals surface area contributed by atoms with Crippen LogP contribution in [0.4, 0.5) is 5.69 Å². The number of nitrogens with zero attached hydrogens (tertiary/aromatic N) is 2. The van der Waals surface area contributed by atoms with Gasteiger partial charge in [-0.1, -0.05) is 48.9 Å². The second-order valence-electron chi connectivity index (χ2n) is 7.15. The van der Waals surface area contributed by atoms with Crippen LogP contribution in [0.1, 0.15) is 6.92 Å². The molecule has 3 rings (SSSR count). The first-order chi connectivity index (χ1) is 14.0. The molecule has 29 heavy (non-hydrogen) atoms. The average molecular weight is 432 g/mol. The highest BCUT2D eigenvalue weighted by atomic mass is 35.5. The molecule has 1 N–H and O–H groups in total. The molecule has 2 aromatic rings. The van der Waals surface area contributed by atoms with E-state index in [1.165, 1.54) is 4.90 Å². The van der Waals surface area contributed by atoms with E-state index in [1.807, 2.05) is 42.2 Å². The smallest absolute Gasteiger partial charge is 0.238 e. The molecule has 7 heteroatoms. The molecule has 0 radical (unpaired) electrons. The standard InChI is InChI=1S/C22H26ClN3O2S/c1-17(16-29-18-7-3-2-4-8-18)22(28)26-13-11-25(12-14-26)15-21(27)24-20-10-6-5-9-19(20)23/h2-10,17H,11-16H2,1H3,(H,24,27). The Labute approximate surface area is 181 Å². The van der Waals surface area contributed by atoms with Crippen molar-refractivity contribution in [3.63, 3.8) is 0 Å². The van der Waals surface area contributed by atoms with E-state index in [2.05, 4.69) is 22.3 Å². The Kier molecular flexibility index (Phi) is 7.98. The number of rotatable bonds is 7. The molecule has 0 bridgehead atoms. The van der Waals surface area contributed by atoms with Crippen molar-refractivity contribution in [2.45, 2.75) is 11.8 Å². The number of anilines is 1. The fraction of sp³-hybridized carbons (Fsp3) is 0.364. The number of piperazine rings is 1. The number of thioether (sulfide) groups is 1. The van der Waals surface area contributed by atoms with Gasteiger partial charge in [-0.15, -0.1) is 11.8 Å². The lowest BCUT2D eigenvalue weighted by molar-refractivity contribution is -0.136. The number of hydrogen-bond acceptors (Lipinski definition) is 4. The van der Waals surface area contributed by atoms with Crippen LogP contribution in [0.2, 0.25) is 5.02 Å². The molecule has 0 aromatic heterocycles. The predicted octanol–water partition coefficient (Wildman–Crippen LogP) is 3.85. The number of carbonyl (C=O) groups excluding carboxylic acids is 2. The van der Waals surface area contributed by atoms with Gasteiger partial charge in [0.1, 0.15) is 0 Å². The van der Waals surface area contributed by atoms with Gasteiger partial charge in [0, 0.05) is 42.7 Å². The first-order valence-corrected chi connectivity index (χ1v) is 11.1.